The van der Waals surface area contributed by atoms with E-state index < -0.39 is 0 Å². The van der Waals surface area contributed by atoms with E-state index in [1.807, 2.05) is 6.07 Å². The second-order valence-electron chi connectivity index (χ2n) is 1.86. The van der Waals surface area contributed by atoms with Crippen LogP contribution in [-0.4, -0.2) is 13.1 Å². The number of esters is 1. The second-order valence-corrected chi connectivity index (χ2v) is 1.86. The predicted octanol–water partition coefficient (Wildman–Crippen LogP) is 1.47. The molecule has 0 aromatic heterocycles. The summed E-state index contributed by atoms with van der Waals surface area (Å²) in [4.78, 5) is 10.8. The Balaban J connectivity index is 0.000001000. The van der Waals surface area contributed by atoms with Crippen molar-refractivity contribution in [2.75, 3.05) is 7.11 Å². The van der Waals surface area contributed by atoms with Crippen molar-refractivity contribution in [3.63, 3.8) is 0 Å². The number of benzene rings is 1. The van der Waals surface area contributed by atoms with Crippen molar-refractivity contribution in [1.29, 1.82) is 0 Å². The minimum absolute atomic E-state index is 0. The molecule has 3 heteroatoms. The summed E-state index contributed by atoms with van der Waals surface area (Å²) < 4.78 is 4.50. The summed E-state index contributed by atoms with van der Waals surface area (Å²) >= 11 is 0. The summed E-state index contributed by atoms with van der Waals surface area (Å²) in [7, 11) is 1.37. The smallest absolute Gasteiger partial charge is 0.337 e. The van der Waals surface area contributed by atoms with Crippen LogP contribution in [0.25, 0.3) is 0 Å². The normalized spacial score (nSPS) is 8.09. The Morgan fingerprint density at radius 1 is 1.27 bits per heavy atom. The van der Waals surface area contributed by atoms with Crippen LogP contribution in [0.3, 0.4) is 0 Å². The van der Waals surface area contributed by atoms with Gasteiger partial charge in [-0.3, -0.25) is 0 Å². The molecule has 0 heterocycles. The molecule has 1 rings (SSSR count). The Morgan fingerprint density at radius 2 is 1.82 bits per heavy atom. The van der Waals surface area contributed by atoms with Gasteiger partial charge < -0.3 is 4.74 Å². The Bertz CT molecular complexity index is 221. The van der Waals surface area contributed by atoms with Crippen molar-refractivity contribution in [3.05, 3.63) is 35.9 Å². The average Bonchev–Trinajstić information content (AvgIpc) is 2.05. The molecule has 0 saturated carbocycles. The molecule has 2 nitrogen and oxygen atoms in total. The minimum Gasteiger partial charge on any atom is -0.465 e. The van der Waals surface area contributed by atoms with E-state index >= 15 is 0 Å². The fourth-order valence-electron chi connectivity index (χ4n) is 0.692. The maximum atomic E-state index is 10.8. The summed E-state index contributed by atoms with van der Waals surface area (Å²) in [6.07, 6.45) is 0. The number of hydrogen-bond donors (Lipinski definition) is 0. The zero-order valence-corrected chi connectivity index (χ0v) is 7.08. The van der Waals surface area contributed by atoms with Gasteiger partial charge in [-0.1, -0.05) is 18.2 Å². The van der Waals surface area contributed by atoms with Gasteiger partial charge in [-0.05, 0) is 12.1 Å². The maximum Gasteiger partial charge on any atom is 0.337 e. The Morgan fingerprint density at radius 3 is 2.27 bits per heavy atom. The Labute approximate surface area is 75.8 Å². The molecule has 0 unspecified atom stereocenters. The third-order valence-electron chi connectivity index (χ3n) is 1.19. The summed E-state index contributed by atoms with van der Waals surface area (Å²) in [6.45, 7) is 0. The van der Waals surface area contributed by atoms with E-state index in [1.165, 1.54) is 7.11 Å². The van der Waals surface area contributed by atoms with Crippen LogP contribution in [0.2, 0.25) is 0 Å². The van der Waals surface area contributed by atoms with Gasteiger partial charge in [0.2, 0.25) is 0 Å². The number of carbonyl (C=O) groups excluding carboxylic acids is 1. The Hall–Kier alpha value is -0.804. The number of hydrogen-bond acceptors (Lipinski definition) is 2. The number of methoxy groups -OCH3 is 1. The van der Waals surface area contributed by atoms with Gasteiger partial charge in [0.15, 0.2) is 0 Å². The molecule has 0 aliphatic rings. The molecule has 0 bridgehead atoms. The fourth-order valence-corrected chi connectivity index (χ4v) is 0.692. The van der Waals surface area contributed by atoms with Gasteiger partial charge in [0.05, 0.1) is 12.7 Å². The zero-order valence-electron chi connectivity index (χ0n) is 6.04. The molecule has 1 radical (unpaired) electrons. The summed E-state index contributed by atoms with van der Waals surface area (Å²) in [5.74, 6) is -0.291. The van der Waals surface area contributed by atoms with Gasteiger partial charge in [-0.2, -0.15) is 0 Å². The van der Waals surface area contributed by atoms with Gasteiger partial charge >= 0.3 is 5.97 Å². The number of rotatable bonds is 1. The first-order valence-corrected chi connectivity index (χ1v) is 2.98. The second kappa shape index (κ2) is 4.93. The monoisotopic (exact) mass is 195 g/mol. The summed E-state index contributed by atoms with van der Waals surface area (Å²) in [5, 5.41) is 0. The molecule has 1 aromatic rings. The molecular weight excluding hydrogens is 187 g/mol. The fraction of sp³-hybridized carbons (Fsp3) is 0.125. The molecule has 0 fully saturated rings. The molecular formula is C8H8CoO2. The molecule has 0 aliphatic carbocycles. The van der Waals surface area contributed by atoms with Crippen LogP contribution in [0.5, 0.6) is 0 Å². The van der Waals surface area contributed by atoms with Gasteiger partial charge in [-0.15, -0.1) is 0 Å². The Kier molecular flexibility index (Phi) is 4.57. The third kappa shape index (κ3) is 2.73. The number of carbonyl (C=O) groups is 1. The van der Waals surface area contributed by atoms with Crippen LogP contribution in [0, 0.1) is 0 Å². The molecule has 0 atom stereocenters. The first kappa shape index (κ1) is 10.2. The van der Waals surface area contributed by atoms with Crippen LogP contribution in [0.1, 0.15) is 10.4 Å². The third-order valence-corrected chi connectivity index (χ3v) is 1.19. The van der Waals surface area contributed by atoms with Crippen molar-refractivity contribution in [1.82, 2.24) is 0 Å². The molecule has 0 amide bonds. The topological polar surface area (TPSA) is 26.3 Å². The predicted molar refractivity (Wildman–Crippen MR) is 37.8 cm³/mol. The molecule has 61 valence electrons. The van der Waals surface area contributed by atoms with E-state index in [2.05, 4.69) is 4.74 Å². The van der Waals surface area contributed by atoms with Gasteiger partial charge in [0.1, 0.15) is 0 Å². The van der Waals surface area contributed by atoms with Crippen molar-refractivity contribution in [2.24, 2.45) is 0 Å². The van der Waals surface area contributed by atoms with E-state index in [-0.39, 0.29) is 22.7 Å². The maximum absolute atomic E-state index is 10.8. The zero-order chi connectivity index (χ0) is 7.40. The molecule has 0 N–H and O–H groups in total. The molecule has 1 aromatic carbocycles. The van der Waals surface area contributed by atoms with Crippen LogP contribution in [-0.2, 0) is 21.5 Å². The first-order chi connectivity index (χ1) is 4.84. The molecule has 0 spiro atoms. The van der Waals surface area contributed by atoms with E-state index in [0.29, 0.717) is 5.56 Å². The number of ether oxygens (including phenoxy) is 1. The van der Waals surface area contributed by atoms with E-state index in [9.17, 15) is 4.79 Å². The van der Waals surface area contributed by atoms with Crippen LogP contribution < -0.4 is 0 Å². The van der Waals surface area contributed by atoms with Crippen LogP contribution in [0.15, 0.2) is 30.3 Å². The molecule has 0 saturated heterocycles. The standard InChI is InChI=1S/C8H8O2.Co/c1-10-8(9)7-5-3-2-4-6-7;/h2-6H,1H3;. The van der Waals surface area contributed by atoms with Crippen LogP contribution in [0.4, 0.5) is 0 Å². The van der Waals surface area contributed by atoms with Gasteiger partial charge in [0.25, 0.3) is 0 Å². The van der Waals surface area contributed by atoms with Gasteiger partial charge in [0, 0.05) is 16.8 Å². The van der Waals surface area contributed by atoms with Gasteiger partial charge in [-0.25, -0.2) is 4.79 Å². The average molecular weight is 195 g/mol. The van der Waals surface area contributed by atoms with E-state index in [4.69, 9.17) is 0 Å². The van der Waals surface area contributed by atoms with Crippen molar-refractivity contribution >= 4 is 5.97 Å². The minimum atomic E-state index is -0.291. The molecule has 0 aliphatic heterocycles. The van der Waals surface area contributed by atoms with Crippen molar-refractivity contribution in [2.45, 2.75) is 0 Å². The first-order valence-electron chi connectivity index (χ1n) is 2.98. The van der Waals surface area contributed by atoms with Crippen molar-refractivity contribution < 1.29 is 26.3 Å². The quantitative estimate of drug-likeness (QED) is 0.634. The van der Waals surface area contributed by atoms with E-state index in [0.717, 1.165) is 0 Å². The SMILES string of the molecule is COC(=O)c1ccccc1.[Co]. The summed E-state index contributed by atoms with van der Waals surface area (Å²) in [6, 6.07) is 8.88. The van der Waals surface area contributed by atoms with Crippen LogP contribution >= 0.6 is 0 Å². The molecule has 11 heavy (non-hydrogen) atoms. The summed E-state index contributed by atoms with van der Waals surface area (Å²) in [5.41, 5.74) is 0.588. The van der Waals surface area contributed by atoms with Crippen molar-refractivity contribution in [3.8, 4) is 0 Å². The van der Waals surface area contributed by atoms with E-state index in [1.54, 1.807) is 24.3 Å². The largest absolute Gasteiger partial charge is 0.465 e.